The Morgan fingerprint density at radius 1 is 1.11 bits per heavy atom. The smallest absolute Gasteiger partial charge is 0.281 e. The van der Waals surface area contributed by atoms with Gasteiger partial charge in [0.05, 0.1) is 16.4 Å². The van der Waals surface area contributed by atoms with Gasteiger partial charge in [0.25, 0.3) is 5.56 Å². The van der Waals surface area contributed by atoms with Crippen molar-refractivity contribution in [2.75, 3.05) is 0 Å². The van der Waals surface area contributed by atoms with E-state index in [0.29, 0.717) is 5.39 Å². The molecule has 92 valence electrons. The zero-order chi connectivity index (χ0) is 12.8. The zero-order valence-corrected chi connectivity index (χ0v) is 10.6. The number of rotatable bonds is 1. The summed E-state index contributed by atoms with van der Waals surface area (Å²) in [5.74, 6) is 0. The van der Waals surface area contributed by atoms with Gasteiger partial charge >= 0.3 is 0 Å². The second-order valence-electron chi connectivity index (χ2n) is 4.27. The summed E-state index contributed by atoms with van der Waals surface area (Å²) in [7, 11) is 0. The lowest BCUT2D eigenvalue weighted by atomic mass is 10.2. The van der Waals surface area contributed by atoms with Gasteiger partial charge in [0.15, 0.2) is 0 Å². The molecule has 0 amide bonds. The van der Waals surface area contributed by atoms with Crippen molar-refractivity contribution in [3.05, 3.63) is 58.3 Å². The molecule has 0 unspecified atom stereocenters. The van der Waals surface area contributed by atoms with Crippen LogP contribution in [-0.2, 0) is 0 Å². The molecule has 0 aliphatic carbocycles. The van der Waals surface area contributed by atoms with Crippen LogP contribution < -0.4 is 5.56 Å². The van der Waals surface area contributed by atoms with Crippen LogP contribution in [0.4, 0.5) is 0 Å². The van der Waals surface area contributed by atoms with E-state index in [9.17, 15) is 4.79 Å². The van der Waals surface area contributed by atoms with Crippen molar-refractivity contribution in [1.29, 1.82) is 0 Å². The molecule has 3 aromatic heterocycles. The Balaban J connectivity index is 2.17. The van der Waals surface area contributed by atoms with Gasteiger partial charge in [-0.05, 0) is 23.6 Å². The minimum absolute atomic E-state index is 0.0595. The Morgan fingerprint density at radius 3 is 2.84 bits per heavy atom. The number of thiophene rings is 1. The molecular weight excluding hydrogens is 258 g/mol. The fourth-order valence-corrected chi connectivity index (χ4v) is 2.95. The molecular formula is C14H9N3OS. The molecule has 0 bridgehead atoms. The Bertz CT molecular complexity index is 934. The average Bonchev–Trinajstić information content (AvgIpc) is 3.07. The molecule has 0 atom stereocenters. The summed E-state index contributed by atoms with van der Waals surface area (Å²) in [6.07, 6.45) is 1.64. The van der Waals surface area contributed by atoms with Crippen molar-refractivity contribution in [2.24, 2.45) is 0 Å². The first-order valence-electron chi connectivity index (χ1n) is 5.87. The van der Waals surface area contributed by atoms with Crippen LogP contribution in [0.25, 0.3) is 26.8 Å². The molecule has 0 aliphatic heterocycles. The molecule has 0 saturated carbocycles. The highest BCUT2D eigenvalue weighted by atomic mass is 32.1. The fourth-order valence-electron chi connectivity index (χ4n) is 2.26. The number of benzene rings is 1. The lowest BCUT2D eigenvalue weighted by molar-refractivity contribution is 0.881. The zero-order valence-electron chi connectivity index (χ0n) is 9.83. The summed E-state index contributed by atoms with van der Waals surface area (Å²) < 4.78 is 1.57. The van der Waals surface area contributed by atoms with Crippen molar-refractivity contribution in [2.45, 2.75) is 0 Å². The first-order valence-corrected chi connectivity index (χ1v) is 6.75. The number of fused-ring (bicyclic) bond motifs is 3. The molecule has 1 aromatic carbocycles. The molecule has 4 rings (SSSR count). The summed E-state index contributed by atoms with van der Waals surface area (Å²) in [4.78, 5) is 16.7. The van der Waals surface area contributed by atoms with Gasteiger partial charge in [0.1, 0.15) is 5.00 Å². The Kier molecular flexibility index (Phi) is 2.10. The molecule has 0 radical (unpaired) electrons. The topological polar surface area (TPSA) is 50.7 Å². The maximum absolute atomic E-state index is 12.4. The molecule has 4 nitrogen and oxygen atoms in total. The van der Waals surface area contributed by atoms with Crippen molar-refractivity contribution < 1.29 is 0 Å². The largest absolute Gasteiger partial charge is 0.289 e. The van der Waals surface area contributed by atoms with Crippen LogP contribution in [-0.4, -0.2) is 14.8 Å². The van der Waals surface area contributed by atoms with Gasteiger partial charge in [-0.25, -0.2) is 4.68 Å². The van der Waals surface area contributed by atoms with Gasteiger partial charge in [0, 0.05) is 11.6 Å². The predicted molar refractivity (Wildman–Crippen MR) is 77.1 cm³/mol. The lowest BCUT2D eigenvalue weighted by Crippen LogP contribution is -2.12. The predicted octanol–water partition coefficient (Wildman–Crippen LogP) is 2.93. The van der Waals surface area contributed by atoms with E-state index < -0.39 is 0 Å². The van der Waals surface area contributed by atoms with Crippen LogP contribution >= 0.6 is 11.3 Å². The summed E-state index contributed by atoms with van der Waals surface area (Å²) in [6.45, 7) is 0. The van der Waals surface area contributed by atoms with Crippen LogP contribution in [0.3, 0.4) is 0 Å². The molecule has 1 N–H and O–H groups in total. The van der Waals surface area contributed by atoms with Crippen LogP contribution in [0, 0.1) is 0 Å². The third-order valence-electron chi connectivity index (χ3n) is 3.16. The molecule has 19 heavy (non-hydrogen) atoms. The van der Waals surface area contributed by atoms with Crippen molar-refractivity contribution >= 4 is 33.1 Å². The number of hydrogen-bond acceptors (Lipinski definition) is 3. The van der Waals surface area contributed by atoms with Crippen molar-refractivity contribution in [1.82, 2.24) is 14.8 Å². The highest BCUT2D eigenvalue weighted by Gasteiger charge is 2.11. The maximum Gasteiger partial charge on any atom is 0.281 e. The van der Waals surface area contributed by atoms with E-state index in [0.717, 1.165) is 21.4 Å². The Hall–Kier alpha value is -2.40. The van der Waals surface area contributed by atoms with Crippen LogP contribution in [0.2, 0.25) is 0 Å². The minimum Gasteiger partial charge on any atom is -0.289 e. The van der Waals surface area contributed by atoms with Crippen LogP contribution in [0.5, 0.6) is 0 Å². The number of aromatic amines is 1. The molecule has 0 spiro atoms. The molecule has 0 aliphatic rings. The van der Waals surface area contributed by atoms with Gasteiger partial charge in [0.2, 0.25) is 0 Å². The highest BCUT2D eigenvalue weighted by molar-refractivity contribution is 7.12. The number of nitrogens with zero attached hydrogens (tertiary/aromatic N) is 2. The first kappa shape index (κ1) is 10.5. The number of hydrogen-bond donors (Lipinski definition) is 1. The van der Waals surface area contributed by atoms with Gasteiger partial charge in [-0.1, -0.05) is 18.2 Å². The Labute approximate surface area is 111 Å². The van der Waals surface area contributed by atoms with Gasteiger partial charge < -0.3 is 0 Å². The number of pyridine rings is 1. The summed E-state index contributed by atoms with van der Waals surface area (Å²) >= 11 is 1.52. The lowest BCUT2D eigenvalue weighted by Gasteiger charge is -1.97. The standard InChI is InChI=1S/C14H9N3OS/c18-14-10-8-15-11-5-2-1-4-9(11)13(10)16-17(14)12-6-3-7-19-12/h1-8,16H. The summed E-state index contributed by atoms with van der Waals surface area (Å²) in [6, 6.07) is 11.6. The van der Waals surface area contributed by atoms with Crippen molar-refractivity contribution in [3.63, 3.8) is 0 Å². The second-order valence-corrected chi connectivity index (χ2v) is 5.19. The maximum atomic E-state index is 12.4. The number of nitrogens with one attached hydrogen (secondary N) is 1. The van der Waals surface area contributed by atoms with E-state index >= 15 is 0 Å². The van der Waals surface area contributed by atoms with E-state index in [2.05, 4.69) is 10.1 Å². The average molecular weight is 267 g/mol. The first-order chi connectivity index (χ1) is 9.34. The van der Waals surface area contributed by atoms with E-state index in [1.165, 1.54) is 11.3 Å². The molecule has 5 heteroatoms. The summed E-state index contributed by atoms with van der Waals surface area (Å²) in [5, 5.41) is 7.59. The quantitative estimate of drug-likeness (QED) is 0.576. The normalized spacial score (nSPS) is 11.4. The minimum atomic E-state index is -0.0595. The van der Waals surface area contributed by atoms with E-state index in [1.807, 2.05) is 41.8 Å². The summed E-state index contributed by atoms with van der Waals surface area (Å²) in [5.41, 5.74) is 1.66. The fraction of sp³-hybridized carbons (Fsp3) is 0. The van der Waals surface area contributed by atoms with Gasteiger partial charge in [-0.3, -0.25) is 14.9 Å². The van der Waals surface area contributed by atoms with Crippen LogP contribution in [0.15, 0.2) is 52.8 Å². The second kappa shape index (κ2) is 3.80. The molecule has 0 fully saturated rings. The number of para-hydroxylation sites is 1. The Morgan fingerprint density at radius 2 is 2.00 bits per heavy atom. The van der Waals surface area contributed by atoms with E-state index in [4.69, 9.17) is 0 Å². The molecule has 0 saturated heterocycles. The highest BCUT2D eigenvalue weighted by Crippen LogP contribution is 2.21. The number of H-pyrrole nitrogens is 1. The van der Waals surface area contributed by atoms with E-state index in [1.54, 1.807) is 10.9 Å². The third-order valence-corrected chi connectivity index (χ3v) is 4.01. The number of aromatic nitrogens is 3. The van der Waals surface area contributed by atoms with Crippen LogP contribution in [0.1, 0.15) is 0 Å². The van der Waals surface area contributed by atoms with Gasteiger partial charge in [-0.15, -0.1) is 11.3 Å². The molecule has 3 heterocycles. The van der Waals surface area contributed by atoms with Crippen molar-refractivity contribution in [3.8, 4) is 5.00 Å². The van der Waals surface area contributed by atoms with E-state index in [-0.39, 0.29) is 5.56 Å². The monoisotopic (exact) mass is 267 g/mol. The third kappa shape index (κ3) is 1.45. The SMILES string of the molecule is O=c1c2cnc3ccccc3c2[nH]n1-c1cccs1. The van der Waals surface area contributed by atoms with Gasteiger partial charge in [-0.2, -0.15) is 0 Å². The molecule has 4 aromatic rings.